The Labute approximate surface area is 114 Å². The van der Waals surface area contributed by atoms with Crippen molar-refractivity contribution in [2.24, 2.45) is 0 Å². The minimum atomic E-state index is -0.0174. The van der Waals surface area contributed by atoms with Crippen molar-refractivity contribution in [3.63, 3.8) is 0 Å². The molecular weight excluding hydrogens is 258 g/mol. The van der Waals surface area contributed by atoms with Crippen molar-refractivity contribution in [3.8, 4) is 0 Å². The average Bonchev–Trinajstić information content (AvgIpc) is 2.97. The summed E-state index contributed by atoms with van der Waals surface area (Å²) in [4.78, 5) is 17.5. The molecule has 5 heteroatoms. The normalized spacial score (nSPS) is 10.8. The van der Waals surface area contributed by atoms with Crippen LogP contribution in [0.15, 0.2) is 42.0 Å². The molecule has 0 radical (unpaired) electrons. The van der Waals surface area contributed by atoms with Crippen molar-refractivity contribution >= 4 is 28.6 Å². The van der Waals surface area contributed by atoms with Crippen molar-refractivity contribution in [2.75, 3.05) is 5.32 Å². The maximum atomic E-state index is 12.0. The number of imidazole rings is 1. The number of rotatable bonds is 3. The van der Waals surface area contributed by atoms with Crippen LogP contribution < -0.4 is 5.32 Å². The first-order chi connectivity index (χ1) is 9.22. The molecular formula is C14H13N3OS. The minimum Gasteiger partial charge on any atom is -0.323 e. The Bertz CT molecular complexity index is 715. The number of carbonyl (C=O) groups excluding carboxylic acids is 1. The molecule has 0 atom stereocenters. The van der Waals surface area contributed by atoms with Gasteiger partial charge in [0.05, 0.1) is 17.8 Å². The standard InChI is InChI=1S/C14H13N3OS/c1-10-9-17-6-2-5-12(14(17)15-10)16-13(18)8-11-4-3-7-19-11/h2-7,9H,8H2,1H3,(H,16,18). The minimum absolute atomic E-state index is 0.0174. The van der Waals surface area contributed by atoms with Crippen LogP contribution in [0.4, 0.5) is 5.69 Å². The Morgan fingerprint density at radius 2 is 2.32 bits per heavy atom. The highest BCUT2D eigenvalue weighted by Crippen LogP contribution is 2.17. The fourth-order valence-corrected chi connectivity index (χ4v) is 2.70. The topological polar surface area (TPSA) is 46.4 Å². The van der Waals surface area contributed by atoms with Gasteiger partial charge >= 0.3 is 0 Å². The molecule has 0 aliphatic heterocycles. The molecule has 3 heterocycles. The number of pyridine rings is 1. The molecule has 19 heavy (non-hydrogen) atoms. The molecule has 0 aromatic carbocycles. The number of thiophene rings is 1. The van der Waals surface area contributed by atoms with Gasteiger partial charge in [0.2, 0.25) is 5.91 Å². The summed E-state index contributed by atoms with van der Waals surface area (Å²) in [6.45, 7) is 1.93. The number of aryl methyl sites for hydroxylation is 1. The number of anilines is 1. The van der Waals surface area contributed by atoms with Crippen LogP contribution in [0.2, 0.25) is 0 Å². The van der Waals surface area contributed by atoms with Crippen LogP contribution in [0.3, 0.4) is 0 Å². The van der Waals surface area contributed by atoms with E-state index in [-0.39, 0.29) is 5.91 Å². The van der Waals surface area contributed by atoms with E-state index in [0.717, 1.165) is 21.9 Å². The third-order valence-electron chi connectivity index (χ3n) is 2.79. The Morgan fingerprint density at radius 3 is 3.11 bits per heavy atom. The lowest BCUT2D eigenvalue weighted by molar-refractivity contribution is -0.115. The largest absolute Gasteiger partial charge is 0.323 e. The molecule has 1 amide bonds. The second kappa shape index (κ2) is 4.85. The van der Waals surface area contributed by atoms with Gasteiger partial charge in [-0.1, -0.05) is 6.07 Å². The van der Waals surface area contributed by atoms with Gasteiger partial charge in [-0.2, -0.15) is 0 Å². The van der Waals surface area contributed by atoms with Gasteiger partial charge < -0.3 is 9.72 Å². The van der Waals surface area contributed by atoms with Crippen molar-refractivity contribution in [1.82, 2.24) is 9.38 Å². The van der Waals surface area contributed by atoms with Gasteiger partial charge in [0.25, 0.3) is 0 Å². The Morgan fingerprint density at radius 1 is 1.42 bits per heavy atom. The number of nitrogens with zero attached hydrogens (tertiary/aromatic N) is 2. The summed E-state index contributed by atoms with van der Waals surface area (Å²) < 4.78 is 1.91. The number of fused-ring (bicyclic) bond motifs is 1. The summed E-state index contributed by atoms with van der Waals surface area (Å²) in [5, 5.41) is 4.89. The molecule has 1 N–H and O–H groups in total. The summed E-state index contributed by atoms with van der Waals surface area (Å²) in [6.07, 6.45) is 4.26. The molecule has 3 aromatic rings. The molecule has 4 nitrogen and oxygen atoms in total. The predicted molar refractivity (Wildman–Crippen MR) is 76.6 cm³/mol. The molecule has 0 saturated carbocycles. The lowest BCUT2D eigenvalue weighted by Gasteiger charge is -2.05. The molecule has 0 unspecified atom stereocenters. The van der Waals surface area contributed by atoms with Gasteiger partial charge in [-0.15, -0.1) is 11.3 Å². The molecule has 0 spiro atoms. The van der Waals surface area contributed by atoms with E-state index >= 15 is 0 Å². The number of carbonyl (C=O) groups is 1. The fraction of sp³-hybridized carbons (Fsp3) is 0.143. The zero-order valence-corrected chi connectivity index (χ0v) is 11.3. The van der Waals surface area contributed by atoms with E-state index < -0.39 is 0 Å². The summed E-state index contributed by atoms with van der Waals surface area (Å²) in [7, 11) is 0. The molecule has 0 saturated heterocycles. The maximum absolute atomic E-state index is 12.0. The van der Waals surface area contributed by atoms with Crippen LogP contribution in [0.25, 0.3) is 5.65 Å². The van der Waals surface area contributed by atoms with E-state index in [1.54, 1.807) is 11.3 Å². The zero-order chi connectivity index (χ0) is 13.2. The predicted octanol–water partition coefficient (Wildman–Crippen LogP) is 2.89. The van der Waals surface area contributed by atoms with Gasteiger partial charge in [-0.05, 0) is 30.5 Å². The van der Waals surface area contributed by atoms with Crippen molar-refractivity contribution in [2.45, 2.75) is 13.3 Å². The Balaban J connectivity index is 1.83. The van der Waals surface area contributed by atoms with Crippen molar-refractivity contribution < 1.29 is 4.79 Å². The van der Waals surface area contributed by atoms with E-state index in [1.165, 1.54) is 0 Å². The lowest BCUT2D eigenvalue weighted by Crippen LogP contribution is -2.14. The Kier molecular flexibility index (Phi) is 3.05. The van der Waals surface area contributed by atoms with Crippen LogP contribution in [-0.2, 0) is 11.2 Å². The highest BCUT2D eigenvalue weighted by Gasteiger charge is 2.09. The first-order valence-corrected chi connectivity index (χ1v) is 6.87. The first-order valence-electron chi connectivity index (χ1n) is 5.99. The van der Waals surface area contributed by atoms with E-state index in [2.05, 4.69) is 10.3 Å². The van der Waals surface area contributed by atoms with Crippen LogP contribution in [0.5, 0.6) is 0 Å². The van der Waals surface area contributed by atoms with E-state index in [4.69, 9.17) is 0 Å². The van der Waals surface area contributed by atoms with Crippen LogP contribution in [0.1, 0.15) is 10.6 Å². The highest BCUT2D eigenvalue weighted by atomic mass is 32.1. The number of amides is 1. The quantitative estimate of drug-likeness (QED) is 0.796. The fourth-order valence-electron chi connectivity index (χ4n) is 2.00. The van der Waals surface area contributed by atoms with Gasteiger partial charge in [0.15, 0.2) is 5.65 Å². The van der Waals surface area contributed by atoms with E-state index in [1.807, 2.05) is 53.4 Å². The van der Waals surface area contributed by atoms with Gasteiger partial charge in [0, 0.05) is 17.3 Å². The monoisotopic (exact) mass is 271 g/mol. The van der Waals surface area contributed by atoms with Gasteiger partial charge in [-0.25, -0.2) is 4.98 Å². The zero-order valence-electron chi connectivity index (χ0n) is 10.5. The number of nitrogens with one attached hydrogen (secondary N) is 1. The first kappa shape index (κ1) is 11.9. The van der Waals surface area contributed by atoms with Crippen LogP contribution in [0, 0.1) is 6.92 Å². The smallest absolute Gasteiger partial charge is 0.229 e. The van der Waals surface area contributed by atoms with Crippen molar-refractivity contribution in [3.05, 3.63) is 52.6 Å². The third kappa shape index (κ3) is 2.51. The SMILES string of the molecule is Cc1cn2cccc(NC(=O)Cc3cccs3)c2n1. The number of hydrogen-bond acceptors (Lipinski definition) is 3. The summed E-state index contributed by atoms with van der Waals surface area (Å²) in [6, 6.07) is 7.68. The molecule has 3 aromatic heterocycles. The average molecular weight is 271 g/mol. The second-order valence-corrected chi connectivity index (χ2v) is 5.37. The third-order valence-corrected chi connectivity index (χ3v) is 3.67. The number of aromatic nitrogens is 2. The molecule has 0 aliphatic carbocycles. The molecule has 96 valence electrons. The second-order valence-electron chi connectivity index (χ2n) is 4.34. The molecule has 0 bridgehead atoms. The van der Waals surface area contributed by atoms with E-state index in [0.29, 0.717) is 6.42 Å². The van der Waals surface area contributed by atoms with Gasteiger partial charge in [-0.3, -0.25) is 4.79 Å². The van der Waals surface area contributed by atoms with Crippen molar-refractivity contribution in [1.29, 1.82) is 0 Å². The summed E-state index contributed by atoms with van der Waals surface area (Å²) in [5.41, 5.74) is 2.46. The summed E-state index contributed by atoms with van der Waals surface area (Å²) >= 11 is 1.59. The molecule has 3 rings (SSSR count). The van der Waals surface area contributed by atoms with Crippen LogP contribution in [-0.4, -0.2) is 15.3 Å². The van der Waals surface area contributed by atoms with Crippen LogP contribution >= 0.6 is 11.3 Å². The lowest BCUT2D eigenvalue weighted by atomic mass is 10.3. The van der Waals surface area contributed by atoms with Gasteiger partial charge in [0.1, 0.15) is 0 Å². The summed E-state index contributed by atoms with van der Waals surface area (Å²) in [5.74, 6) is -0.0174. The molecule has 0 fully saturated rings. The molecule has 0 aliphatic rings. The van der Waals surface area contributed by atoms with E-state index in [9.17, 15) is 4.79 Å². The highest BCUT2D eigenvalue weighted by molar-refractivity contribution is 7.10. The Hall–Kier alpha value is -2.14. The number of hydrogen-bond donors (Lipinski definition) is 1. The maximum Gasteiger partial charge on any atom is 0.229 e.